The second kappa shape index (κ2) is 6.05. The van der Waals surface area contributed by atoms with Gasteiger partial charge in [-0.25, -0.2) is 0 Å². The number of rotatable bonds is 3. The number of hydrogen-bond donors (Lipinski definition) is 1. The highest BCUT2D eigenvalue weighted by atomic mass is 16.3. The highest BCUT2D eigenvalue weighted by molar-refractivity contribution is 5.67. The van der Waals surface area contributed by atoms with Gasteiger partial charge in [0.2, 0.25) is 0 Å². The second-order valence-electron chi connectivity index (χ2n) is 4.67. The van der Waals surface area contributed by atoms with Crippen molar-refractivity contribution in [1.29, 1.82) is 0 Å². The van der Waals surface area contributed by atoms with Crippen molar-refractivity contribution >= 4 is 11.6 Å². The largest absolute Gasteiger partial charge is 0.508 e. The minimum Gasteiger partial charge on any atom is -0.508 e. The fraction of sp³-hybridized carbons (Fsp3) is 0.111. The molecule has 0 aliphatic heterocycles. The molecule has 0 bridgehead atoms. The Morgan fingerprint density at radius 2 is 1.58 bits per heavy atom. The number of allylic oxidation sites excluding steroid dienone is 3. The van der Waals surface area contributed by atoms with Gasteiger partial charge in [-0.15, -0.1) is 0 Å². The lowest BCUT2D eigenvalue weighted by Gasteiger charge is -2.00. The molecule has 0 aromatic heterocycles. The molecule has 19 heavy (non-hydrogen) atoms. The van der Waals surface area contributed by atoms with Crippen LogP contribution in [0.25, 0.3) is 11.6 Å². The Morgan fingerprint density at radius 1 is 0.947 bits per heavy atom. The van der Waals surface area contributed by atoms with Gasteiger partial charge in [-0.05, 0) is 42.7 Å². The van der Waals surface area contributed by atoms with E-state index < -0.39 is 0 Å². The van der Waals surface area contributed by atoms with E-state index in [9.17, 15) is 5.11 Å². The van der Waals surface area contributed by atoms with Gasteiger partial charge < -0.3 is 5.11 Å². The Balaban J connectivity index is 2.09. The normalized spacial score (nSPS) is 12.0. The van der Waals surface area contributed by atoms with Crippen LogP contribution in [0.2, 0.25) is 0 Å². The molecule has 0 aliphatic carbocycles. The highest BCUT2D eigenvalue weighted by Gasteiger charge is 1.94. The maximum Gasteiger partial charge on any atom is 0.115 e. The molecule has 1 heteroatoms. The van der Waals surface area contributed by atoms with Crippen LogP contribution in [0.5, 0.6) is 5.75 Å². The van der Waals surface area contributed by atoms with E-state index in [2.05, 4.69) is 50.3 Å². The number of phenols is 1. The first-order valence-electron chi connectivity index (χ1n) is 6.36. The molecule has 2 aromatic carbocycles. The van der Waals surface area contributed by atoms with Gasteiger partial charge >= 0.3 is 0 Å². The van der Waals surface area contributed by atoms with E-state index in [1.54, 1.807) is 12.1 Å². The van der Waals surface area contributed by atoms with Crippen molar-refractivity contribution < 1.29 is 5.11 Å². The summed E-state index contributed by atoms with van der Waals surface area (Å²) in [5.41, 5.74) is 4.75. The van der Waals surface area contributed by atoms with E-state index in [1.807, 2.05) is 18.2 Å². The van der Waals surface area contributed by atoms with Crippen LogP contribution in [-0.2, 0) is 0 Å². The van der Waals surface area contributed by atoms with Crippen LogP contribution >= 0.6 is 0 Å². The summed E-state index contributed by atoms with van der Waals surface area (Å²) in [6.45, 7) is 4.15. The Bertz CT molecular complexity index is 587. The minimum absolute atomic E-state index is 0.298. The Labute approximate surface area is 114 Å². The smallest absolute Gasteiger partial charge is 0.115 e. The monoisotopic (exact) mass is 250 g/mol. The molecule has 0 atom stereocenters. The van der Waals surface area contributed by atoms with Gasteiger partial charge in [0.1, 0.15) is 5.75 Å². The molecular formula is C18H18O. The summed E-state index contributed by atoms with van der Waals surface area (Å²) in [4.78, 5) is 0. The molecule has 0 radical (unpaired) electrons. The summed E-state index contributed by atoms with van der Waals surface area (Å²) < 4.78 is 0. The lowest BCUT2D eigenvalue weighted by Crippen LogP contribution is -1.77. The zero-order chi connectivity index (χ0) is 13.7. The van der Waals surface area contributed by atoms with Crippen LogP contribution < -0.4 is 0 Å². The maximum atomic E-state index is 9.25. The summed E-state index contributed by atoms with van der Waals surface area (Å²) in [6.07, 6.45) is 6.21. The molecular weight excluding hydrogens is 232 g/mol. The van der Waals surface area contributed by atoms with E-state index in [4.69, 9.17) is 0 Å². The van der Waals surface area contributed by atoms with Crippen molar-refractivity contribution in [3.05, 3.63) is 77.4 Å². The molecule has 0 spiro atoms. The van der Waals surface area contributed by atoms with E-state index in [1.165, 1.54) is 16.7 Å². The molecule has 0 heterocycles. The highest BCUT2D eigenvalue weighted by Crippen LogP contribution is 2.17. The molecule has 0 amide bonds. The number of benzene rings is 2. The summed E-state index contributed by atoms with van der Waals surface area (Å²) in [5.74, 6) is 0.298. The van der Waals surface area contributed by atoms with E-state index in [0.29, 0.717) is 5.75 Å². The van der Waals surface area contributed by atoms with Crippen LogP contribution in [0.4, 0.5) is 0 Å². The van der Waals surface area contributed by atoms with Gasteiger partial charge in [-0.2, -0.15) is 0 Å². The first-order valence-corrected chi connectivity index (χ1v) is 6.36. The molecule has 0 fully saturated rings. The fourth-order valence-corrected chi connectivity index (χ4v) is 1.80. The third-order valence-corrected chi connectivity index (χ3v) is 3.03. The summed E-state index contributed by atoms with van der Waals surface area (Å²) in [6, 6.07) is 15.7. The Kier molecular flexibility index (Phi) is 4.19. The summed E-state index contributed by atoms with van der Waals surface area (Å²) in [7, 11) is 0. The third kappa shape index (κ3) is 3.85. The molecule has 1 nitrogen and oxygen atoms in total. The molecule has 96 valence electrons. The second-order valence-corrected chi connectivity index (χ2v) is 4.67. The summed E-state index contributed by atoms with van der Waals surface area (Å²) in [5, 5.41) is 9.25. The van der Waals surface area contributed by atoms with E-state index in [0.717, 1.165) is 5.56 Å². The Morgan fingerprint density at radius 3 is 2.21 bits per heavy atom. The van der Waals surface area contributed by atoms with Crippen molar-refractivity contribution in [2.75, 3.05) is 0 Å². The first-order chi connectivity index (χ1) is 9.15. The third-order valence-electron chi connectivity index (χ3n) is 3.03. The molecule has 1 N–H and O–H groups in total. The van der Waals surface area contributed by atoms with Crippen molar-refractivity contribution in [2.24, 2.45) is 0 Å². The maximum absolute atomic E-state index is 9.25. The molecule has 0 unspecified atom stereocenters. The fourth-order valence-electron chi connectivity index (χ4n) is 1.80. The zero-order valence-corrected chi connectivity index (χ0v) is 11.3. The topological polar surface area (TPSA) is 20.2 Å². The van der Waals surface area contributed by atoms with Crippen LogP contribution in [0, 0.1) is 6.92 Å². The lowest BCUT2D eigenvalue weighted by atomic mass is 10.1. The average Bonchev–Trinajstić information content (AvgIpc) is 2.41. The van der Waals surface area contributed by atoms with Crippen molar-refractivity contribution in [3.8, 4) is 5.75 Å². The number of aryl methyl sites for hydroxylation is 1. The van der Waals surface area contributed by atoms with Crippen LogP contribution in [-0.4, -0.2) is 5.11 Å². The molecule has 0 aliphatic rings. The SMILES string of the molecule is CC(=CC=Cc1ccc(C)cc1)c1ccc(O)cc1. The van der Waals surface area contributed by atoms with Crippen LogP contribution in [0.15, 0.2) is 60.7 Å². The molecule has 0 saturated heterocycles. The van der Waals surface area contributed by atoms with Crippen molar-refractivity contribution in [2.45, 2.75) is 13.8 Å². The predicted octanol–water partition coefficient (Wildman–Crippen LogP) is 4.82. The zero-order valence-electron chi connectivity index (χ0n) is 11.3. The summed E-state index contributed by atoms with van der Waals surface area (Å²) >= 11 is 0. The van der Waals surface area contributed by atoms with Crippen molar-refractivity contribution in [1.82, 2.24) is 0 Å². The first kappa shape index (κ1) is 13.2. The van der Waals surface area contributed by atoms with E-state index in [-0.39, 0.29) is 0 Å². The number of hydrogen-bond acceptors (Lipinski definition) is 1. The van der Waals surface area contributed by atoms with Gasteiger partial charge in [0.15, 0.2) is 0 Å². The Hall–Kier alpha value is -2.28. The lowest BCUT2D eigenvalue weighted by molar-refractivity contribution is 0.475. The number of phenolic OH excluding ortho intramolecular Hbond substituents is 1. The van der Waals surface area contributed by atoms with E-state index >= 15 is 0 Å². The number of aromatic hydroxyl groups is 1. The van der Waals surface area contributed by atoms with Crippen LogP contribution in [0.3, 0.4) is 0 Å². The van der Waals surface area contributed by atoms with Gasteiger partial charge in [0, 0.05) is 0 Å². The standard InChI is InChI=1S/C18H18O/c1-14-6-8-16(9-7-14)5-3-4-15(2)17-10-12-18(19)13-11-17/h3-13,19H,1-2H3. The van der Waals surface area contributed by atoms with Gasteiger partial charge in [-0.3, -0.25) is 0 Å². The van der Waals surface area contributed by atoms with Gasteiger partial charge in [-0.1, -0.05) is 60.2 Å². The van der Waals surface area contributed by atoms with Crippen molar-refractivity contribution in [3.63, 3.8) is 0 Å². The van der Waals surface area contributed by atoms with Gasteiger partial charge in [0.05, 0.1) is 0 Å². The minimum atomic E-state index is 0.298. The molecule has 2 rings (SSSR count). The average molecular weight is 250 g/mol. The quantitative estimate of drug-likeness (QED) is 0.774. The predicted molar refractivity (Wildman–Crippen MR) is 82.0 cm³/mol. The molecule has 0 saturated carbocycles. The van der Waals surface area contributed by atoms with Crippen LogP contribution in [0.1, 0.15) is 23.6 Å². The molecule has 2 aromatic rings. The van der Waals surface area contributed by atoms with Gasteiger partial charge in [0.25, 0.3) is 0 Å².